The smallest absolute Gasteiger partial charge is 0.349 e. The third-order valence-electron chi connectivity index (χ3n) is 6.36. The highest BCUT2D eigenvalue weighted by molar-refractivity contribution is 7.12. The molecule has 1 N–H and O–H groups in total. The Labute approximate surface area is 176 Å². The van der Waals surface area contributed by atoms with Crippen LogP contribution in [0.4, 0.5) is 0 Å². The molecule has 0 aliphatic carbocycles. The first-order chi connectivity index (χ1) is 12.4. The lowest BCUT2D eigenvalue weighted by Crippen LogP contribution is -3.00. The second kappa shape index (κ2) is 6.64. The van der Waals surface area contributed by atoms with E-state index in [2.05, 4.69) is 14.1 Å². The van der Waals surface area contributed by atoms with Crippen LogP contribution in [0.3, 0.4) is 0 Å². The van der Waals surface area contributed by atoms with Crippen molar-refractivity contribution in [3.8, 4) is 0 Å². The lowest BCUT2D eigenvalue weighted by molar-refractivity contribution is -0.938. The van der Waals surface area contributed by atoms with Gasteiger partial charge < -0.3 is 36.0 Å². The van der Waals surface area contributed by atoms with Crippen LogP contribution in [-0.2, 0) is 19.9 Å². The zero-order valence-corrected chi connectivity index (χ0v) is 18.3. The van der Waals surface area contributed by atoms with Crippen molar-refractivity contribution in [2.75, 3.05) is 14.1 Å². The van der Waals surface area contributed by atoms with Gasteiger partial charge in [0.2, 0.25) is 5.60 Å². The number of carbonyl (C=O) groups excluding carboxylic acids is 1. The first-order valence-electron chi connectivity index (χ1n) is 8.92. The summed E-state index contributed by atoms with van der Waals surface area (Å²) in [5.74, 6) is -0.561. The van der Waals surface area contributed by atoms with Crippen molar-refractivity contribution < 1.29 is 40.8 Å². The molecule has 0 radical (unpaired) electrons. The molecule has 5 nitrogen and oxygen atoms in total. The second-order valence-corrected chi connectivity index (χ2v) is 9.89. The summed E-state index contributed by atoms with van der Waals surface area (Å²) in [6, 6.07) is 8.01. The number of morpholine rings is 1. The lowest BCUT2D eigenvalue weighted by Gasteiger charge is -2.45. The molecule has 5 heterocycles. The molecular formula is C19H22BrNO4S2. The first-order valence-corrected chi connectivity index (χ1v) is 10.7. The van der Waals surface area contributed by atoms with Crippen molar-refractivity contribution in [3.05, 3.63) is 44.8 Å². The Bertz CT molecular complexity index is 769. The molecule has 2 aromatic heterocycles. The van der Waals surface area contributed by atoms with Crippen LogP contribution in [0, 0.1) is 0 Å². The van der Waals surface area contributed by atoms with Gasteiger partial charge in [-0.05, 0) is 22.9 Å². The Morgan fingerprint density at radius 2 is 1.67 bits per heavy atom. The number of fused-ring (bicyclic) bond motifs is 5. The molecule has 27 heavy (non-hydrogen) atoms. The topological polar surface area (TPSA) is 59.1 Å². The minimum atomic E-state index is -1.72. The third kappa shape index (κ3) is 2.84. The predicted octanol–water partition coefficient (Wildman–Crippen LogP) is -0.650. The lowest BCUT2D eigenvalue weighted by atomic mass is 9.95. The van der Waals surface area contributed by atoms with E-state index in [4.69, 9.17) is 9.47 Å². The molecule has 5 atom stereocenters. The number of carbonyl (C=O) groups is 1. The Morgan fingerprint density at radius 3 is 2.11 bits per heavy atom. The summed E-state index contributed by atoms with van der Waals surface area (Å²) in [4.78, 5) is 14.3. The van der Waals surface area contributed by atoms with Crippen LogP contribution >= 0.6 is 22.7 Å². The van der Waals surface area contributed by atoms with Crippen molar-refractivity contribution >= 4 is 28.6 Å². The number of nitrogens with zero attached hydrogens (tertiary/aromatic N) is 1. The average Bonchev–Trinajstić information content (AvgIpc) is 2.98. The van der Waals surface area contributed by atoms with E-state index in [0.717, 1.165) is 17.3 Å². The summed E-state index contributed by atoms with van der Waals surface area (Å²) in [5.41, 5.74) is -1.72. The summed E-state index contributed by atoms with van der Waals surface area (Å²) in [6.45, 7) is 0. The quantitative estimate of drug-likeness (QED) is 0.365. The van der Waals surface area contributed by atoms with Crippen LogP contribution in [0.1, 0.15) is 22.6 Å². The zero-order chi connectivity index (χ0) is 18.1. The van der Waals surface area contributed by atoms with Crippen LogP contribution in [0.2, 0.25) is 0 Å². The Balaban J connectivity index is 0.00000180. The van der Waals surface area contributed by atoms with Crippen molar-refractivity contribution in [1.82, 2.24) is 0 Å². The van der Waals surface area contributed by atoms with Gasteiger partial charge in [0.05, 0.1) is 23.8 Å². The molecule has 3 fully saturated rings. The molecule has 146 valence electrons. The van der Waals surface area contributed by atoms with Gasteiger partial charge in [-0.2, -0.15) is 0 Å². The minimum absolute atomic E-state index is 0. The summed E-state index contributed by atoms with van der Waals surface area (Å²) in [5, 5.41) is 15.1. The maximum atomic E-state index is 13.1. The third-order valence-corrected chi connectivity index (χ3v) is 8.32. The van der Waals surface area contributed by atoms with Crippen molar-refractivity contribution in [2.45, 2.75) is 48.8 Å². The summed E-state index contributed by atoms with van der Waals surface area (Å²) >= 11 is 2.74. The van der Waals surface area contributed by atoms with Gasteiger partial charge in [-0.1, -0.05) is 12.1 Å². The highest BCUT2D eigenvalue weighted by Crippen LogP contribution is 2.52. The van der Waals surface area contributed by atoms with E-state index in [0.29, 0.717) is 34.0 Å². The number of halogens is 1. The number of piperidine rings is 1. The van der Waals surface area contributed by atoms with Gasteiger partial charge in [0.15, 0.2) is 0 Å². The van der Waals surface area contributed by atoms with Crippen LogP contribution in [0.15, 0.2) is 35.0 Å². The normalized spacial score (nSPS) is 33.1. The number of rotatable bonds is 4. The van der Waals surface area contributed by atoms with Gasteiger partial charge in [0.25, 0.3) is 0 Å². The number of esters is 1. The van der Waals surface area contributed by atoms with Crippen LogP contribution < -0.4 is 17.0 Å². The number of aliphatic hydroxyl groups is 1. The van der Waals surface area contributed by atoms with Crippen molar-refractivity contribution in [1.29, 1.82) is 0 Å². The van der Waals surface area contributed by atoms with Gasteiger partial charge in [-0.3, -0.25) is 0 Å². The second-order valence-electron chi connectivity index (χ2n) is 7.99. The number of hydrogen-bond acceptors (Lipinski definition) is 6. The molecule has 3 unspecified atom stereocenters. The van der Waals surface area contributed by atoms with Crippen molar-refractivity contribution in [2.24, 2.45) is 0 Å². The Hall–Kier alpha value is -0.770. The van der Waals surface area contributed by atoms with E-state index in [-0.39, 0.29) is 23.1 Å². The van der Waals surface area contributed by atoms with Crippen LogP contribution in [-0.4, -0.2) is 60.0 Å². The standard InChI is InChI=1S/C19H22NO4S2.BrH/c1-20(2)12-9-11(10-13(20)17-16(12)24-17)23-18(21)19(22,14-5-3-7-25-14)15-6-4-8-26-15;/h3-8,11-13,16-17,22H,9-10H2,1-2H3;1H/q+1;/p-1/t11?,12?,13?,16-,17+;. The molecule has 5 rings (SSSR count). The number of thiophene rings is 2. The molecule has 2 aromatic rings. The van der Waals surface area contributed by atoms with Gasteiger partial charge in [-0.15, -0.1) is 22.7 Å². The fourth-order valence-electron chi connectivity index (χ4n) is 4.83. The average molecular weight is 472 g/mol. The molecule has 3 saturated heterocycles. The first kappa shape index (κ1) is 19.5. The molecule has 3 aliphatic rings. The van der Waals surface area contributed by atoms with Crippen LogP contribution in [0.25, 0.3) is 0 Å². The van der Waals surface area contributed by atoms with E-state index < -0.39 is 11.6 Å². The minimum Gasteiger partial charge on any atom is -1.00 e. The van der Waals surface area contributed by atoms with Gasteiger partial charge in [-0.25, -0.2) is 4.79 Å². The summed E-state index contributed by atoms with van der Waals surface area (Å²) < 4.78 is 12.6. The highest BCUT2D eigenvalue weighted by atomic mass is 79.9. The Morgan fingerprint density at radius 1 is 1.15 bits per heavy atom. The van der Waals surface area contributed by atoms with E-state index in [1.165, 1.54) is 22.7 Å². The molecule has 0 amide bonds. The van der Waals surface area contributed by atoms with E-state index >= 15 is 0 Å². The number of hydrogen-bond donors (Lipinski definition) is 1. The van der Waals surface area contributed by atoms with Crippen LogP contribution in [0.5, 0.6) is 0 Å². The molecule has 3 aliphatic heterocycles. The largest absolute Gasteiger partial charge is 1.00 e. The number of epoxide rings is 1. The van der Waals surface area contributed by atoms with E-state index in [9.17, 15) is 9.90 Å². The highest BCUT2D eigenvalue weighted by Gasteiger charge is 2.71. The van der Waals surface area contributed by atoms with Gasteiger partial charge in [0, 0.05) is 12.8 Å². The predicted molar refractivity (Wildman–Crippen MR) is 99.1 cm³/mol. The molecular weight excluding hydrogens is 450 g/mol. The van der Waals surface area contributed by atoms with E-state index in [1.54, 1.807) is 12.1 Å². The van der Waals surface area contributed by atoms with Gasteiger partial charge >= 0.3 is 5.97 Å². The van der Waals surface area contributed by atoms with Crippen molar-refractivity contribution in [3.63, 3.8) is 0 Å². The number of likely N-dealkylation sites (N-methyl/N-ethyl adjacent to an activating group) is 1. The number of ether oxygens (including phenoxy) is 2. The van der Waals surface area contributed by atoms with E-state index in [1.807, 2.05) is 22.9 Å². The molecule has 0 spiro atoms. The number of quaternary nitrogens is 1. The SMILES string of the molecule is C[N+]1(C)C2CC(OC(=O)C(O)(c3cccs3)c3cccs3)CC1[C@@H]1O[C@H]21.[Br-]. The zero-order valence-electron chi connectivity index (χ0n) is 15.1. The molecule has 2 bridgehead atoms. The molecule has 0 saturated carbocycles. The summed E-state index contributed by atoms with van der Waals surface area (Å²) in [6.07, 6.45) is 2.05. The maximum absolute atomic E-state index is 13.1. The summed E-state index contributed by atoms with van der Waals surface area (Å²) in [7, 11) is 4.49. The fraction of sp³-hybridized carbons (Fsp3) is 0.526. The van der Waals surface area contributed by atoms with Gasteiger partial charge in [0.1, 0.15) is 30.4 Å². The fourth-order valence-corrected chi connectivity index (χ4v) is 6.54. The monoisotopic (exact) mass is 471 g/mol. The maximum Gasteiger partial charge on any atom is 0.349 e. The Kier molecular flexibility index (Phi) is 4.81. The molecule has 8 heteroatoms. The molecule has 0 aromatic carbocycles.